The summed E-state index contributed by atoms with van der Waals surface area (Å²) in [6.45, 7) is 3.99. The van der Waals surface area contributed by atoms with Gasteiger partial charge in [0.15, 0.2) is 5.65 Å². The molecule has 0 aliphatic rings. The van der Waals surface area contributed by atoms with Crippen LogP contribution in [-0.2, 0) is 6.54 Å². The van der Waals surface area contributed by atoms with Gasteiger partial charge < -0.3 is 15.4 Å². The molecule has 0 saturated carbocycles. The van der Waals surface area contributed by atoms with Gasteiger partial charge in [0.25, 0.3) is 0 Å². The zero-order valence-corrected chi connectivity index (χ0v) is 12.6. The number of phenols is 1. The van der Waals surface area contributed by atoms with Gasteiger partial charge in [0.1, 0.15) is 5.75 Å². The molecule has 2 aromatic heterocycles. The first kappa shape index (κ1) is 14.5. The van der Waals surface area contributed by atoms with Crippen LogP contribution in [0.4, 0.5) is 0 Å². The standard InChI is InChI=1S/C17H20N4O/c1-2-3-8-18-11-13-9-12-10-15(20-21-17(12)19-13)14-6-4-5-7-16(14)22/h4-7,9-10,18,22H,2-3,8,11H2,1H3,(H,19,21). The Kier molecular flexibility index (Phi) is 4.34. The van der Waals surface area contributed by atoms with Crippen molar-refractivity contribution in [1.82, 2.24) is 20.5 Å². The normalized spacial score (nSPS) is 11.1. The third kappa shape index (κ3) is 3.09. The summed E-state index contributed by atoms with van der Waals surface area (Å²) >= 11 is 0. The number of aromatic hydroxyl groups is 1. The van der Waals surface area contributed by atoms with Gasteiger partial charge in [-0.05, 0) is 37.2 Å². The van der Waals surface area contributed by atoms with Crippen molar-refractivity contribution in [3.8, 4) is 17.0 Å². The monoisotopic (exact) mass is 296 g/mol. The van der Waals surface area contributed by atoms with E-state index in [1.165, 1.54) is 12.8 Å². The van der Waals surface area contributed by atoms with Gasteiger partial charge in [0, 0.05) is 23.2 Å². The lowest BCUT2D eigenvalue weighted by molar-refractivity contribution is 0.477. The molecule has 0 saturated heterocycles. The van der Waals surface area contributed by atoms with E-state index < -0.39 is 0 Å². The van der Waals surface area contributed by atoms with E-state index in [0.717, 1.165) is 29.8 Å². The van der Waals surface area contributed by atoms with E-state index in [4.69, 9.17) is 0 Å². The lowest BCUT2D eigenvalue weighted by Crippen LogP contribution is -2.14. The van der Waals surface area contributed by atoms with Crippen LogP contribution < -0.4 is 5.32 Å². The highest BCUT2D eigenvalue weighted by molar-refractivity contribution is 5.81. The molecular weight excluding hydrogens is 276 g/mol. The Balaban J connectivity index is 1.83. The van der Waals surface area contributed by atoms with Gasteiger partial charge in [-0.2, -0.15) is 0 Å². The van der Waals surface area contributed by atoms with E-state index >= 15 is 0 Å². The number of aromatic amines is 1. The molecule has 0 amide bonds. The number of hydrogen-bond acceptors (Lipinski definition) is 4. The second kappa shape index (κ2) is 6.58. The van der Waals surface area contributed by atoms with E-state index in [0.29, 0.717) is 11.3 Å². The number of para-hydroxylation sites is 1. The first-order valence-electron chi connectivity index (χ1n) is 7.62. The second-order valence-electron chi connectivity index (χ2n) is 5.38. The lowest BCUT2D eigenvalue weighted by Gasteiger charge is -2.02. The van der Waals surface area contributed by atoms with Gasteiger partial charge in [0.05, 0.1) is 5.69 Å². The summed E-state index contributed by atoms with van der Waals surface area (Å²) in [5.74, 6) is 0.216. The maximum absolute atomic E-state index is 9.92. The lowest BCUT2D eigenvalue weighted by atomic mass is 10.1. The summed E-state index contributed by atoms with van der Waals surface area (Å²) in [6.07, 6.45) is 2.37. The number of rotatable bonds is 6. The Bertz CT molecular complexity index is 766. The van der Waals surface area contributed by atoms with E-state index in [-0.39, 0.29) is 5.75 Å². The molecule has 22 heavy (non-hydrogen) atoms. The smallest absolute Gasteiger partial charge is 0.160 e. The quantitative estimate of drug-likeness (QED) is 0.611. The van der Waals surface area contributed by atoms with Crippen LogP contribution in [-0.4, -0.2) is 26.8 Å². The van der Waals surface area contributed by atoms with Crippen LogP contribution in [0.1, 0.15) is 25.5 Å². The molecule has 0 aliphatic heterocycles. The zero-order valence-electron chi connectivity index (χ0n) is 12.6. The predicted octanol–water partition coefficient (Wildman–Crippen LogP) is 3.22. The molecule has 0 atom stereocenters. The minimum atomic E-state index is 0.216. The van der Waals surface area contributed by atoms with Crippen molar-refractivity contribution in [2.75, 3.05) is 6.54 Å². The number of unbranched alkanes of at least 4 members (excludes halogenated alkanes) is 1. The molecule has 0 fully saturated rings. The molecule has 3 aromatic rings. The Morgan fingerprint density at radius 2 is 2.05 bits per heavy atom. The Labute approximate surface area is 129 Å². The largest absolute Gasteiger partial charge is 0.507 e. The van der Waals surface area contributed by atoms with Crippen LogP contribution >= 0.6 is 0 Å². The second-order valence-corrected chi connectivity index (χ2v) is 5.38. The van der Waals surface area contributed by atoms with Crippen LogP contribution in [0, 0.1) is 0 Å². The van der Waals surface area contributed by atoms with Crippen molar-refractivity contribution in [2.45, 2.75) is 26.3 Å². The maximum atomic E-state index is 9.92. The van der Waals surface area contributed by atoms with Crippen LogP contribution in [0.5, 0.6) is 5.75 Å². The number of phenolic OH excluding ortho intramolecular Hbond substituents is 1. The van der Waals surface area contributed by atoms with Crippen molar-refractivity contribution in [1.29, 1.82) is 0 Å². The molecule has 5 heteroatoms. The Morgan fingerprint density at radius 1 is 1.18 bits per heavy atom. The summed E-state index contributed by atoms with van der Waals surface area (Å²) in [7, 11) is 0. The van der Waals surface area contributed by atoms with Gasteiger partial charge in [-0.1, -0.05) is 25.5 Å². The zero-order chi connectivity index (χ0) is 15.4. The molecule has 0 aliphatic carbocycles. The molecule has 0 unspecified atom stereocenters. The number of aromatic nitrogens is 3. The molecule has 2 heterocycles. The number of nitrogens with one attached hydrogen (secondary N) is 2. The molecule has 0 spiro atoms. The topological polar surface area (TPSA) is 73.8 Å². The average molecular weight is 296 g/mol. The van der Waals surface area contributed by atoms with E-state index in [9.17, 15) is 5.11 Å². The SMILES string of the molecule is CCCCNCc1cc2cc(-c3ccccc3O)nnc2[nH]1. The van der Waals surface area contributed by atoms with Gasteiger partial charge >= 0.3 is 0 Å². The highest BCUT2D eigenvalue weighted by Crippen LogP contribution is 2.28. The molecule has 5 nitrogen and oxygen atoms in total. The summed E-state index contributed by atoms with van der Waals surface area (Å²) in [5.41, 5.74) is 3.23. The molecule has 1 aromatic carbocycles. The molecular formula is C17H20N4O. The van der Waals surface area contributed by atoms with Gasteiger partial charge in [-0.3, -0.25) is 0 Å². The summed E-state index contributed by atoms with van der Waals surface area (Å²) in [5, 5.41) is 22.7. The maximum Gasteiger partial charge on any atom is 0.160 e. The van der Waals surface area contributed by atoms with Crippen molar-refractivity contribution in [2.24, 2.45) is 0 Å². The van der Waals surface area contributed by atoms with E-state index in [1.54, 1.807) is 12.1 Å². The minimum Gasteiger partial charge on any atom is -0.507 e. The van der Waals surface area contributed by atoms with E-state index in [1.807, 2.05) is 18.2 Å². The molecule has 0 bridgehead atoms. The summed E-state index contributed by atoms with van der Waals surface area (Å²) in [6, 6.07) is 11.2. The average Bonchev–Trinajstić information content (AvgIpc) is 2.94. The first-order chi connectivity index (χ1) is 10.8. The summed E-state index contributed by atoms with van der Waals surface area (Å²) < 4.78 is 0. The number of H-pyrrole nitrogens is 1. The summed E-state index contributed by atoms with van der Waals surface area (Å²) in [4.78, 5) is 3.27. The Morgan fingerprint density at radius 3 is 2.86 bits per heavy atom. The highest BCUT2D eigenvalue weighted by atomic mass is 16.3. The van der Waals surface area contributed by atoms with Gasteiger partial charge in [-0.15, -0.1) is 10.2 Å². The molecule has 0 radical (unpaired) electrons. The molecule has 114 valence electrons. The third-order valence-electron chi connectivity index (χ3n) is 3.63. The molecule has 3 N–H and O–H groups in total. The van der Waals surface area contributed by atoms with Crippen LogP contribution in [0.2, 0.25) is 0 Å². The fraction of sp³-hybridized carbons (Fsp3) is 0.294. The number of fused-ring (bicyclic) bond motifs is 1. The van der Waals surface area contributed by atoms with E-state index in [2.05, 4.69) is 33.5 Å². The molecule has 3 rings (SSSR count). The van der Waals surface area contributed by atoms with Crippen LogP contribution in [0.25, 0.3) is 22.3 Å². The van der Waals surface area contributed by atoms with Crippen LogP contribution in [0.15, 0.2) is 36.4 Å². The van der Waals surface area contributed by atoms with Gasteiger partial charge in [0.2, 0.25) is 0 Å². The number of benzene rings is 1. The van der Waals surface area contributed by atoms with Crippen molar-refractivity contribution in [3.63, 3.8) is 0 Å². The first-order valence-corrected chi connectivity index (χ1v) is 7.62. The van der Waals surface area contributed by atoms with Gasteiger partial charge in [-0.25, -0.2) is 0 Å². The van der Waals surface area contributed by atoms with Crippen molar-refractivity contribution >= 4 is 11.0 Å². The predicted molar refractivity (Wildman–Crippen MR) is 87.6 cm³/mol. The number of nitrogens with zero attached hydrogens (tertiary/aromatic N) is 2. The highest BCUT2D eigenvalue weighted by Gasteiger charge is 2.08. The minimum absolute atomic E-state index is 0.216. The fourth-order valence-electron chi connectivity index (χ4n) is 2.43. The van der Waals surface area contributed by atoms with Crippen LogP contribution in [0.3, 0.4) is 0 Å². The third-order valence-corrected chi connectivity index (χ3v) is 3.63. The number of hydrogen-bond donors (Lipinski definition) is 3. The fourth-order valence-corrected chi connectivity index (χ4v) is 2.43. The Hall–Kier alpha value is -2.40. The van der Waals surface area contributed by atoms with Crippen molar-refractivity contribution < 1.29 is 5.11 Å². The van der Waals surface area contributed by atoms with Crippen molar-refractivity contribution in [3.05, 3.63) is 42.1 Å².